The Morgan fingerprint density at radius 2 is 1.76 bits per heavy atom. The summed E-state index contributed by atoms with van der Waals surface area (Å²) < 4.78 is 20.8. The zero-order valence-corrected chi connectivity index (χ0v) is 19.3. The number of oxazole rings is 1. The molecule has 5 nitrogen and oxygen atoms in total. The fourth-order valence-electron chi connectivity index (χ4n) is 3.56. The van der Waals surface area contributed by atoms with Crippen molar-refractivity contribution in [3.63, 3.8) is 0 Å². The molecule has 1 amide bonds. The summed E-state index contributed by atoms with van der Waals surface area (Å²) in [6.07, 6.45) is 0. The monoisotopic (exact) mass is 519 g/mol. The molecule has 4 aromatic carbocycles. The molecule has 0 unspecified atom stereocenters. The Labute approximate surface area is 201 Å². The number of nitrogens with zero attached hydrogens (tertiary/aromatic N) is 1. The molecule has 0 atom stereocenters. The lowest BCUT2D eigenvalue weighted by Crippen LogP contribution is -2.34. The molecule has 0 spiro atoms. The van der Waals surface area contributed by atoms with Crippen molar-refractivity contribution in [1.29, 1.82) is 0 Å². The second-order valence-corrected chi connectivity index (χ2v) is 8.49. The van der Waals surface area contributed by atoms with Gasteiger partial charge < -0.3 is 9.73 Å². The van der Waals surface area contributed by atoms with Crippen molar-refractivity contribution < 1.29 is 13.6 Å². The molecule has 0 aliphatic rings. The molecular formula is C25H15BrFN3O2S. The number of carbonyl (C=O) groups excluding carboxylic acids is 1. The molecule has 1 aromatic heterocycles. The van der Waals surface area contributed by atoms with E-state index >= 15 is 0 Å². The van der Waals surface area contributed by atoms with Crippen LogP contribution >= 0.6 is 28.1 Å². The van der Waals surface area contributed by atoms with Gasteiger partial charge in [0.15, 0.2) is 10.7 Å². The Morgan fingerprint density at radius 1 is 0.970 bits per heavy atom. The molecule has 2 N–H and O–H groups in total. The predicted molar refractivity (Wildman–Crippen MR) is 135 cm³/mol. The molecule has 1 heterocycles. The first-order valence-corrected chi connectivity index (χ1v) is 11.1. The lowest BCUT2D eigenvalue weighted by atomic mass is 10.0. The van der Waals surface area contributed by atoms with Crippen LogP contribution in [0.25, 0.3) is 33.3 Å². The van der Waals surface area contributed by atoms with Gasteiger partial charge in [-0.15, -0.1) is 0 Å². The van der Waals surface area contributed by atoms with Crippen LogP contribution in [0.5, 0.6) is 0 Å². The topological polar surface area (TPSA) is 67.2 Å². The van der Waals surface area contributed by atoms with Crippen molar-refractivity contribution in [3.8, 4) is 11.5 Å². The number of carbonyl (C=O) groups is 1. The van der Waals surface area contributed by atoms with E-state index in [1.165, 1.54) is 18.2 Å². The maximum atomic E-state index is 13.8. The second-order valence-electron chi connectivity index (χ2n) is 7.23. The number of hydrogen-bond acceptors (Lipinski definition) is 4. The van der Waals surface area contributed by atoms with E-state index in [4.69, 9.17) is 16.6 Å². The predicted octanol–water partition coefficient (Wildman–Crippen LogP) is 6.68. The lowest BCUT2D eigenvalue weighted by molar-refractivity contribution is 0.0974. The quantitative estimate of drug-likeness (QED) is 0.260. The summed E-state index contributed by atoms with van der Waals surface area (Å²) in [6.45, 7) is 0. The highest BCUT2D eigenvalue weighted by molar-refractivity contribution is 9.10. The first kappa shape index (κ1) is 21.2. The maximum absolute atomic E-state index is 13.8. The standard InChI is InChI=1S/C25H15BrFN3O2S/c26-19-9-4-6-15-16(19)7-3-8-17(15)24-29-21-13-14(11-12-22(21)32-24)28-25(33)30-23(31)18-5-1-2-10-20(18)27/h1-13H,(H2,28,30,31,33). The van der Waals surface area contributed by atoms with Crippen molar-refractivity contribution in [2.45, 2.75) is 0 Å². The molecule has 33 heavy (non-hydrogen) atoms. The molecule has 8 heteroatoms. The lowest BCUT2D eigenvalue weighted by Gasteiger charge is -2.09. The highest BCUT2D eigenvalue weighted by atomic mass is 79.9. The Kier molecular flexibility index (Phi) is 5.62. The normalized spacial score (nSPS) is 11.0. The van der Waals surface area contributed by atoms with Crippen molar-refractivity contribution in [2.75, 3.05) is 5.32 Å². The Balaban J connectivity index is 1.39. The molecule has 0 fully saturated rings. The van der Waals surface area contributed by atoms with Crippen molar-refractivity contribution in [1.82, 2.24) is 10.3 Å². The van der Waals surface area contributed by atoms with Gasteiger partial charge in [0.05, 0.1) is 5.56 Å². The zero-order valence-electron chi connectivity index (χ0n) is 16.9. The van der Waals surface area contributed by atoms with Crippen molar-refractivity contribution >= 4 is 66.7 Å². The summed E-state index contributed by atoms with van der Waals surface area (Å²) in [7, 11) is 0. The highest BCUT2D eigenvalue weighted by Gasteiger charge is 2.15. The van der Waals surface area contributed by atoms with Gasteiger partial charge in [0.25, 0.3) is 5.91 Å². The first-order chi connectivity index (χ1) is 16.0. The fraction of sp³-hybridized carbons (Fsp3) is 0. The summed E-state index contributed by atoms with van der Waals surface area (Å²) >= 11 is 8.80. The third-order valence-electron chi connectivity index (χ3n) is 5.09. The Bertz CT molecular complexity index is 1550. The SMILES string of the molecule is O=C(NC(=S)Nc1ccc2oc(-c3cccc4c(Br)cccc34)nc2c1)c1ccccc1F. The van der Waals surface area contributed by atoms with Crippen LogP contribution in [0.4, 0.5) is 10.1 Å². The number of nitrogens with one attached hydrogen (secondary N) is 2. The van der Waals surface area contributed by atoms with Crippen LogP contribution in [0.1, 0.15) is 10.4 Å². The number of anilines is 1. The van der Waals surface area contributed by atoms with E-state index in [9.17, 15) is 9.18 Å². The molecule has 0 saturated heterocycles. The third-order valence-corrected chi connectivity index (χ3v) is 5.99. The molecule has 0 bridgehead atoms. The van der Waals surface area contributed by atoms with Crippen molar-refractivity contribution in [2.24, 2.45) is 0 Å². The smallest absolute Gasteiger partial charge is 0.260 e. The van der Waals surface area contributed by atoms with Gasteiger partial charge in [0.2, 0.25) is 5.89 Å². The Hall–Kier alpha value is -3.62. The van der Waals surface area contributed by atoms with Crippen LogP contribution < -0.4 is 10.6 Å². The van der Waals surface area contributed by atoms with E-state index in [1.54, 1.807) is 24.3 Å². The number of benzene rings is 4. The molecule has 5 rings (SSSR count). The van der Waals surface area contributed by atoms with Crippen LogP contribution in [0, 0.1) is 5.82 Å². The number of hydrogen-bond donors (Lipinski definition) is 2. The molecule has 0 aliphatic heterocycles. The van der Waals surface area contributed by atoms with E-state index in [2.05, 4.69) is 31.5 Å². The van der Waals surface area contributed by atoms with Gasteiger partial charge in [-0.05, 0) is 65.5 Å². The van der Waals surface area contributed by atoms with Gasteiger partial charge in [0.1, 0.15) is 11.3 Å². The summed E-state index contributed by atoms with van der Waals surface area (Å²) in [6, 6.07) is 22.9. The van der Waals surface area contributed by atoms with Crippen LogP contribution in [0.15, 0.2) is 87.8 Å². The molecule has 0 radical (unpaired) electrons. The highest BCUT2D eigenvalue weighted by Crippen LogP contribution is 2.34. The zero-order chi connectivity index (χ0) is 22.9. The van der Waals surface area contributed by atoms with Gasteiger partial charge in [-0.1, -0.05) is 52.3 Å². The van der Waals surface area contributed by atoms with Gasteiger partial charge in [-0.25, -0.2) is 9.37 Å². The maximum Gasteiger partial charge on any atom is 0.260 e. The summed E-state index contributed by atoms with van der Waals surface area (Å²) in [4.78, 5) is 16.9. The van der Waals surface area contributed by atoms with Crippen molar-refractivity contribution in [3.05, 3.63) is 94.7 Å². The minimum Gasteiger partial charge on any atom is -0.436 e. The van der Waals surface area contributed by atoms with Gasteiger partial charge >= 0.3 is 0 Å². The van der Waals surface area contributed by atoms with Gasteiger partial charge in [-0.3, -0.25) is 10.1 Å². The van der Waals surface area contributed by atoms with E-state index in [0.717, 1.165) is 20.8 Å². The molecule has 0 saturated carbocycles. The first-order valence-electron chi connectivity index (χ1n) is 9.95. The summed E-state index contributed by atoms with van der Waals surface area (Å²) in [5.41, 5.74) is 2.66. The van der Waals surface area contributed by atoms with E-state index in [1.807, 2.05) is 36.4 Å². The number of thiocarbonyl (C=S) groups is 1. The minimum atomic E-state index is -0.627. The summed E-state index contributed by atoms with van der Waals surface area (Å²) in [5, 5.41) is 7.55. The van der Waals surface area contributed by atoms with Crippen LogP contribution in [0.3, 0.4) is 0 Å². The van der Waals surface area contributed by atoms with Gasteiger partial charge in [-0.2, -0.15) is 0 Å². The Morgan fingerprint density at radius 3 is 2.61 bits per heavy atom. The largest absolute Gasteiger partial charge is 0.436 e. The molecule has 5 aromatic rings. The number of halogens is 2. The number of rotatable bonds is 3. The average Bonchev–Trinajstić information content (AvgIpc) is 3.22. The van der Waals surface area contributed by atoms with E-state index in [-0.39, 0.29) is 10.7 Å². The number of aromatic nitrogens is 1. The third kappa shape index (κ3) is 4.22. The number of amides is 1. The van der Waals surface area contributed by atoms with Crippen LogP contribution in [-0.2, 0) is 0 Å². The number of fused-ring (bicyclic) bond motifs is 2. The summed E-state index contributed by atoms with van der Waals surface area (Å²) in [5.74, 6) is -0.742. The van der Waals surface area contributed by atoms with Gasteiger partial charge in [0, 0.05) is 15.7 Å². The van der Waals surface area contributed by atoms with E-state index < -0.39 is 11.7 Å². The van der Waals surface area contributed by atoms with Crippen LogP contribution in [0.2, 0.25) is 0 Å². The average molecular weight is 520 g/mol. The van der Waals surface area contributed by atoms with E-state index in [0.29, 0.717) is 22.7 Å². The molecule has 162 valence electrons. The second kappa shape index (κ2) is 8.73. The molecular weight excluding hydrogens is 505 g/mol. The fourth-order valence-corrected chi connectivity index (χ4v) is 4.27. The van der Waals surface area contributed by atoms with Crippen LogP contribution in [-0.4, -0.2) is 16.0 Å². The molecule has 0 aliphatic carbocycles. The minimum absolute atomic E-state index is 0.0465.